The number of pyridine rings is 1. The summed E-state index contributed by atoms with van der Waals surface area (Å²) in [6.07, 6.45) is 0. The number of benzene rings is 1. The van der Waals surface area contributed by atoms with Crippen molar-refractivity contribution in [1.29, 1.82) is 0 Å². The molecule has 0 bridgehead atoms. The highest BCUT2D eigenvalue weighted by Gasteiger charge is 2.18. The monoisotopic (exact) mass is 372 g/mol. The first kappa shape index (κ1) is 17.9. The van der Waals surface area contributed by atoms with Crippen LogP contribution in [-0.4, -0.2) is 28.2 Å². The molecule has 3 rings (SSSR count). The van der Waals surface area contributed by atoms with E-state index < -0.39 is 5.91 Å². The number of H-pyrrole nitrogens is 2. The van der Waals surface area contributed by atoms with Gasteiger partial charge in [0.25, 0.3) is 5.91 Å². The third-order valence-electron chi connectivity index (χ3n) is 3.74. The maximum absolute atomic E-state index is 12.6. The fraction of sp³-hybridized carbons (Fsp3) is 0.167. The van der Waals surface area contributed by atoms with Crippen molar-refractivity contribution in [1.82, 2.24) is 15.2 Å². The number of methoxy groups -OCH3 is 1. The Morgan fingerprint density at radius 3 is 2.65 bits per heavy atom. The summed E-state index contributed by atoms with van der Waals surface area (Å²) in [5, 5.41) is 10.4. The maximum Gasteiger partial charge on any atom is 0.257 e. The van der Waals surface area contributed by atoms with Gasteiger partial charge in [0.1, 0.15) is 0 Å². The topological polar surface area (TPSA) is 99.9 Å². The number of carbonyl (C=O) groups is 1. The highest BCUT2D eigenvalue weighted by molar-refractivity contribution is 6.30. The van der Waals surface area contributed by atoms with Gasteiger partial charge in [-0.05, 0) is 30.7 Å². The van der Waals surface area contributed by atoms with Crippen LogP contribution in [0.1, 0.15) is 21.7 Å². The molecule has 0 saturated carbocycles. The Morgan fingerprint density at radius 1 is 1.27 bits per heavy atom. The molecule has 0 radical (unpaired) electrons. The quantitative estimate of drug-likeness (QED) is 0.640. The number of aromatic nitrogens is 3. The second-order valence-electron chi connectivity index (χ2n) is 5.74. The lowest BCUT2D eigenvalue weighted by Crippen LogP contribution is -2.17. The van der Waals surface area contributed by atoms with Crippen molar-refractivity contribution in [2.24, 2.45) is 0 Å². The molecule has 3 N–H and O–H groups in total. The van der Waals surface area contributed by atoms with E-state index in [1.54, 1.807) is 32.2 Å². The number of carbonyl (C=O) groups excluding carboxylic acids is 1. The zero-order valence-corrected chi connectivity index (χ0v) is 15.0. The highest BCUT2D eigenvalue weighted by atomic mass is 35.5. The van der Waals surface area contributed by atoms with E-state index in [0.717, 1.165) is 5.56 Å². The number of nitrogens with zero attached hydrogens (tertiary/aromatic N) is 1. The molecule has 0 spiro atoms. The van der Waals surface area contributed by atoms with Crippen LogP contribution in [-0.2, 0) is 11.3 Å². The van der Waals surface area contributed by atoms with E-state index in [1.165, 1.54) is 6.07 Å². The third kappa shape index (κ3) is 3.84. The van der Waals surface area contributed by atoms with Crippen molar-refractivity contribution >= 4 is 23.3 Å². The van der Waals surface area contributed by atoms with Gasteiger partial charge in [-0.2, -0.15) is 5.10 Å². The SMILES string of the molecule is COCc1[nH]nc(NC(=O)c2cc(C)[nH]c(=O)c2)c1-c1ccc(Cl)cc1. The van der Waals surface area contributed by atoms with Gasteiger partial charge in [-0.25, -0.2) is 0 Å². The minimum absolute atomic E-state index is 0.254. The Balaban J connectivity index is 1.98. The molecule has 0 aliphatic heterocycles. The maximum atomic E-state index is 12.6. The molecule has 0 unspecified atom stereocenters. The Morgan fingerprint density at radius 2 is 2.00 bits per heavy atom. The molecule has 3 aromatic rings. The molecule has 0 aliphatic carbocycles. The Labute approximate surface area is 154 Å². The van der Waals surface area contributed by atoms with Gasteiger partial charge in [0.05, 0.1) is 12.3 Å². The van der Waals surface area contributed by atoms with Crippen LogP contribution in [0.2, 0.25) is 5.02 Å². The molecular weight excluding hydrogens is 356 g/mol. The number of rotatable bonds is 5. The molecule has 1 aromatic carbocycles. The lowest BCUT2D eigenvalue weighted by Gasteiger charge is -2.08. The summed E-state index contributed by atoms with van der Waals surface area (Å²) in [5.74, 6) is -0.0767. The first-order chi connectivity index (χ1) is 12.5. The molecule has 134 valence electrons. The van der Waals surface area contributed by atoms with Gasteiger partial charge >= 0.3 is 0 Å². The third-order valence-corrected chi connectivity index (χ3v) is 3.99. The summed E-state index contributed by atoms with van der Waals surface area (Å²) in [4.78, 5) is 26.8. The Bertz CT molecular complexity index is 992. The summed E-state index contributed by atoms with van der Waals surface area (Å²) >= 11 is 5.96. The number of hydrogen-bond acceptors (Lipinski definition) is 4. The number of amides is 1. The Hall–Kier alpha value is -2.90. The lowest BCUT2D eigenvalue weighted by atomic mass is 10.1. The van der Waals surface area contributed by atoms with Gasteiger partial charge in [0.15, 0.2) is 5.82 Å². The first-order valence-electron chi connectivity index (χ1n) is 7.82. The largest absolute Gasteiger partial charge is 0.378 e. The predicted octanol–water partition coefficient (Wildman–Crippen LogP) is 3.13. The van der Waals surface area contributed by atoms with E-state index in [4.69, 9.17) is 16.3 Å². The number of halogens is 1. The fourth-order valence-electron chi connectivity index (χ4n) is 2.64. The molecule has 0 atom stereocenters. The van der Waals surface area contributed by atoms with E-state index in [0.29, 0.717) is 34.4 Å². The number of aromatic amines is 2. The standard InChI is InChI=1S/C18H17ClN4O3/c1-10-7-12(8-15(24)20-10)18(25)21-17-16(14(9-26-2)22-23-17)11-3-5-13(19)6-4-11/h3-8H,9H2,1-2H3,(H,20,24)(H2,21,22,23,25). The molecule has 2 aromatic heterocycles. The van der Waals surface area contributed by atoms with Crippen molar-refractivity contribution in [3.63, 3.8) is 0 Å². The van der Waals surface area contributed by atoms with Crippen LogP contribution in [0.25, 0.3) is 11.1 Å². The van der Waals surface area contributed by atoms with Crippen LogP contribution >= 0.6 is 11.6 Å². The van der Waals surface area contributed by atoms with Crippen LogP contribution in [0.4, 0.5) is 5.82 Å². The molecule has 0 aliphatic rings. The number of hydrogen-bond donors (Lipinski definition) is 3. The molecule has 0 fully saturated rings. The van der Waals surface area contributed by atoms with Crippen LogP contribution in [0, 0.1) is 6.92 Å². The van der Waals surface area contributed by atoms with Gasteiger partial charge in [0.2, 0.25) is 5.56 Å². The van der Waals surface area contributed by atoms with Crippen LogP contribution < -0.4 is 10.9 Å². The van der Waals surface area contributed by atoms with E-state index in [2.05, 4.69) is 20.5 Å². The van der Waals surface area contributed by atoms with Crippen LogP contribution in [0.3, 0.4) is 0 Å². The zero-order chi connectivity index (χ0) is 18.7. The molecule has 2 heterocycles. The first-order valence-corrected chi connectivity index (χ1v) is 8.20. The van der Waals surface area contributed by atoms with Gasteiger partial charge < -0.3 is 15.0 Å². The van der Waals surface area contributed by atoms with Gasteiger partial charge in [0, 0.05) is 35.0 Å². The molecule has 26 heavy (non-hydrogen) atoms. The predicted molar refractivity (Wildman–Crippen MR) is 99.5 cm³/mol. The zero-order valence-electron chi connectivity index (χ0n) is 14.2. The molecule has 0 saturated heterocycles. The minimum atomic E-state index is -0.426. The molecule has 7 nitrogen and oxygen atoms in total. The fourth-order valence-corrected chi connectivity index (χ4v) is 2.76. The van der Waals surface area contributed by atoms with Crippen molar-refractivity contribution in [3.05, 3.63) is 68.7 Å². The summed E-state index contributed by atoms with van der Waals surface area (Å²) in [5.41, 5.74) is 2.76. The summed E-state index contributed by atoms with van der Waals surface area (Å²) in [7, 11) is 1.57. The highest BCUT2D eigenvalue weighted by Crippen LogP contribution is 2.31. The number of ether oxygens (including phenoxy) is 1. The molecule has 1 amide bonds. The van der Waals surface area contributed by atoms with E-state index in [1.807, 2.05) is 12.1 Å². The summed E-state index contributed by atoms with van der Waals surface area (Å²) in [6, 6.07) is 10.0. The molecular formula is C18H17ClN4O3. The van der Waals surface area contributed by atoms with E-state index in [-0.39, 0.29) is 11.1 Å². The van der Waals surface area contributed by atoms with Gasteiger partial charge in [-0.15, -0.1) is 0 Å². The number of anilines is 1. The van der Waals surface area contributed by atoms with Crippen molar-refractivity contribution in [2.75, 3.05) is 12.4 Å². The van der Waals surface area contributed by atoms with Crippen LogP contribution in [0.5, 0.6) is 0 Å². The average molecular weight is 373 g/mol. The van der Waals surface area contributed by atoms with Crippen molar-refractivity contribution in [3.8, 4) is 11.1 Å². The van der Waals surface area contributed by atoms with E-state index >= 15 is 0 Å². The number of aryl methyl sites for hydroxylation is 1. The van der Waals surface area contributed by atoms with E-state index in [9.17, 15) is 9.59 Å². The van der Waals surface area contributed by atoms with Gasteiger partial charge in [-0.1, -0.05) is 23.7 Å². The van der Waals surface area contributed by atoms with Gasteiger partial charge in [-0.3, -0.25) is 14.7 Å². The second kappa shape index (κ2) is 7.55. The van der Waals surface area contributed by atoms with Crippen molar-refractivity contribution in [2.45, 2.75) is 13.5 Å². The smallest absolute Gasteiger partial charge is 0.257 e. The lowest BCUT2D eigenvalue weighted by molar-refractivity contribution is 0.102. The van der Waals surface area contributed by atoms with Crippen LogP contribution in [0.15, 0.2) is 41.2 Å². The normalized spacial score (nSPS) is 10.7. The number of nitrogens with one attached hydrogen (secondary N) is 3. The summed E-state index contributed by atoms with van der Waals surface area (Å²) in [6.45, 7) is 2.01. The molecule has 8 heteroatoms. The second-order valence-corrected chi connectivity index (χ2v) is 6.17. The Kier molecular flexibility index (Phi) is 5.20. The average Bonchev–Trinajstić information content (AvgIpc) is 2.97. The van der Waals surface area contributed by atoms with Crippen molar-refractivity contribution < 1.29 is 9.53 Å². The minimum Gasteiger partial charge on any atom is -0.378 e. The summed E-state index contributed by atoms with van der Waals surface area (Å²) < 4.78 is 5.19.